The fourth-order valence-electron chi connectivity index (χ4n) is 8.27. The molecule has 10 heteroatoms. The topological polar surface area (TPSA) is 108 Å². The van der Waals surface area contributed by atoms with Gasteiger partial charge >= 0.3 is 19.8 Å². The van der Waals surface area contributed by atoms with Gasteiger partial charge in [-0.05, 0) is 128 Å². The maximum atomic E-state index is 12.9. The number of carbonyl (C=O) groups is 2. The highest BCUT2D eigenvalue weighted by molar-refractivity contribution is 7.47. The molecule has 0 saturated heterocycles. The largest absolute Gasteiger partial charge is 0.472 e. The number of ether oxygens (including phenoxy) is 2. The molecule has 2 unspecified atom stereocenters. The zero-order valence-corrected chi connectivity index (χ0v) is 54.7. The van der Waals surface area contributed by atoms with Crippen molar-refractivity contribution in [3.63, 3.8) is 0 Å². The summed E-state index contributed by atoms with van der Waals surface area (Å²) in [7, 11) is 1.44. The summed E-state index contributed by atoms with van der Waals surface area (Å²) in [5.41, 5.74) is 0. The van der Waals surface area contributed by atoms with Crippen LogP contribution >= 0.6 is 7.82 Å². The molecule has 0 aliphatic heterocycles. The number of hydrogen-bond acceptors (Lipinski definition) is 7. The van der Waals surface area contributed by atoms with E-state index in [-0.39, 0.29) is 26.1 Å². The van der Waals surface area contributed by atoms with Crippen LogP contribution in [0.4, 0.5) is 0 Å². The second-order valence-corrected chi connectivity index (χ2v) is 23.8. The standard InChI is InChI=1S/C74H120NO8P/c1-6-8-10-12-14-16-18-20-22-24-26-27-28-29-30-31-32-33-34-35-36-37-38-39-40-41-42-43-44-45-46-47-49-51-53-55-57-59-61-63-65-67-74(77)83-72(71-82-84(78,79)81-69-68-75(3,4)5)70-80-73(76)66-64-62-60-58-56-54-52-50-48-25-23-21-19-17-15-13-11-9-7-2/h8-11,14-17,20-23,26-27,29-30,32-33,35-36,38-39,41-42,48,50,54,56,72H,6-7,12-13,18-19,24-25,28,31,34,37,40,43-47,49,51-53,55,57-71H2,1-5H3/p+1/b10-8-,11-9-,16-14-,17-15-,22-20-,23-21-,27-26-,30-29-,33-32-,36-35-,39-38-,42-41-,50-48-,56-54-. The minimum Gasteiger partial charge on any atom is -0.462 e. The maximum absolute atomic E-state index is 12.9. The molecule has 0 spiro atoms. The molecule has 0 aromatic rings. The SMILES string of the molecule is CC/C=C\C/C=C\C/C=C\C/C=C\C/C=C\C/C=C\C/C=C\C/C=C\C/C=C\CCCCCCCCCCCCCCCC(=O)OC(COC(=O)CCCCC/C=C\C/C=C\C/C=C\C/C=C\C/C=C\CC)COP(=O)(O)OCC[N+](C)(C)C. The van der Waals surface area contributed by atoms with Gasteiger partial charge in [0, 0.05) is 12.8 Å². The van der Waals surface area contributed by atoms with E-state index in [1.165, 1.54) is 64.2 Å². The summed E-state index contributed by atoms with van der Waals surface area (Å²) >= 11 is 0. The van der Waals surface area contributed by atoms with Gasteiger partial charge in [0.1, 0.15) is 19.8 Å². The Hall–Kier alpha value is -4.63. The Morgan fingerprint density at radius 1 is 0.369 bits per heavy atom. The summed E-state index contributed by atoms with van der Waals surface area (Å²) in [5, 5.41) is 0. The molecule has 0 bridgehead atoms. The van der Waals surface area contributed by atoms with Gasteiger partial charge in [-0.1, -0.05) is 261 Å². The summed E-state index contributed by atoms with van der Waals surface area (Å²) < 4.78 is 34.6. The van der Waals surface area contributed by atoms with Gasteiger partial charge in [-0.25, -0.2) is 4.57 Å². The van der Waals surface area contributed by atoms with Crippen molar-refractivity contribution >= 4 is 19.8 Å². The van der Waals surface area contributed by atoms with Crippen LogP contribution in [0.2, 0.25) is 0 Å². The van der Waals surface area contributed by atoms with E-state index in [9.17, 15) is 19.0 Å². The molecule has 0 radical (unpaired) electrons. The van der Waals surface area contributed by atoms with Crippen LogP contribution in [0.3, 0.4) is 0 Å². The average Bonchev–Trinajstić information content (AvgIpc) is 3.61. The Morgan fingerprint density at radius 2 is 0.643 bits per heavy atom. The van der Waals surface area contributed by atoms with E-state index in [0.29, 0.717) is 23.9 Å². The van der Waals surface area contributed by atoms with Crippen LogP contribution in [0.1, 0.15) is 232 Å². The normalized spacial score (nSPS) is 14.3. The van der Waals surface area contributed by atoms with Crippen LogP contribution in [0.25, 0.3) is 0 Å². The van der Waals surface area contributed by atoms with Crippen LogP contribution in [0.15, 0.2) is 170 Å². The summed E-state index contributed by atoms with van der Waals surface area (Å²) in [6.45, 7) is 4.15. The molecule has 0 aromatic heterocycles. The molecule has 0 aliphatic rings. The van der Waals surface area contributed by atoms with E-state index in [1.54, 1.807) is 0 Å². The number of carbonyl (C=O) groups excluding carboxylic acids is 2. The lowest BCUT2D eigenvalue weighted by molar-refractivity contribution is -0.870. The summed E-state index contributed by atoms with van der Waals surface area (Å²) in [5.74, 6) is -0.846. The van der Waals surface area contributed by atoms with E-state index >= 15 is 0 Å². The van der Waals surface area contributed by atoms with E-state index < -0.39 is 32.5 Å². The van der Waals surface area contributed by atoms with Crippen molar-refractivity contribution in [2.24, 2.45) is 0 Å². The second-order valence-electron chi connectivity index (χ2n) is 22.4. The number of unbranched alkanes of at least 4 members (excludes halogenated alkanes) is 16. The molecule has 84 heavy (non-hydrogen) atoms. The predicted molar refractivity (Wildman–Crippen MR) is 362 cm³/mol. The van der Waals surface area contributed by atoms with E-state index in [2.05, 4.69) is 184 Å². The number of quaternary nitrogens is 1. The Balaban J connectivity index is 4.10. The van der Waals surface area contributed by atoms with Crippen molar-refractivity contribution in [3.05, 3.63) is 170 Å². The van der Waals surface area contributed by atoms with Gasteiger partial charge in [0.25, 0.3) is 0 Å². The van der Waals surface area contributed by atoms with Crippen molar-refractivity contribution in [3.8, 4) is 0 Å². The number of esters is 2. The van der Waals surface area contributed by atoms with Crippen molar-refractivity contribution in [2.75, 3.05) is 47.5 Å². The molecular formula is C74H121NO8P+. The third-order valence-electron chi connectivity index (χ3n) is 13.2. The highest BCUT2D eigenvalue weighted by atomic mass is 31.2. The van der Waals surface area contributed by atoms with Gasteiger partial charge in [0.05, 0.1) is 27.7 Å². The quantitative estimate of drug-likeness (QED) is 0.0211. The Kier molecular flexibility index (Phi) is 59.4. The predicted octanol–water partition coefficient (Wildman–Crippen LogP) is 21.4. The molecule has 1 N–H and O–H groups in total. The fourth-order valence-corrected chi connectivity index (χ4v) is 9.01. The first-order chi connectivity index (χ1) is 41.0. The molecule has 0 saturated carbocycles. The summed E-state index contributed by atoms with van der Waals surface area (Å²) in [4.78, 5) is 35.8. The molecule has 474 valence electrons. The van der Waals surface area contributed by atoms with Gasteiger partial charge in [-0.2, -0.15) is 0 Å². The van der Waals surface area contributed by atoms with Crippen molar-refractivity contribution < 1.29 is 42.1 Å². The molecule has 9 nitrogen and oxygen atoms in total. The number of phosphoric ester groups is 1. The lowest BCUT2D eigenvalue weighted by atomic mass is 10.0. The van der Waals surface area contributed by atoms with Crippen LogP contribution in [-0.4, -0.2) is 74.9 Å². The Bertz CT molecular complexity index is 2020. The molecule has 0 fully saturated rings. The summed E-state index contributed by atoms with van der Waals surface area (Å²) in [6.07, 6.45) is 95.9. The molecule has 0 aromatic carbocycles. The number of allylic oxidation sites excluding steroid dienone is 28. The highest BCUT2D eigenvalue weighted by Crippen LogP contribution is 2.43. The number of likely N-dealkylation sites (N-methyl/N-ethyl adjacent to an activating group) is 1. The number of rotatable bonds is 58. The van der Waals surface area contributed by atoms with E-state index in [0.717, 1.165) is 128 Å². The highest BCUT2D eigenvalue weighted by Gasteiger charge is 2.27. The number of nitrogens with zero attached hydrogens (tertiary/aromatic N) is 1. The van der Waals surface area contributed by atoms with Crippen LogP contribution in [0, 0.1) is 0 Å². The third-order valence-corrected chi connectivity index (χ3v) is 14.2. The Labute approximate surface area is 515 Å². The van der Waals surface area contributed by atoms with Gasteiger partial charge in [0.15, 0.2) is 6.10 Å². The lowest BCUT2D eigenvalue weighted by Crippen LogP contribution is -2.37. The van der Waals surface area contributed by atoms with Crippen molar-refractivity contribution in [1.82, 2.24) is 0 Å². The number of phosphoric acid groups is 1. The van der Waals surface area contributed by atoms with Gasteiger partial charge < -0.3 is 18.9 Å². The first-order valence-electron chi connectivity index (χ1n) is 32.9. The van der Waals surface area contributed by atoms with Gasteiger partial charge in [-0.3, -0.25) is 18.6 Å². The average molecular weight is 1180 g/mol. The third kappa shape index (κ3) is 66.5. The maximum Gasteiger partial charge on any atom is 0.472 e. The zero-order valence-electron chi connectivity index (χ0n) is 53.8. The van der Waals surface area contributed by atoms with Crippen molar-refractivity contribution in [2.45, 2.75) is 238 Å². The molecule has 0 aliphatic carbocycles. The molecular weight excluding hydrogens is 1060 g/mol. The Morgan fingerprint density at radius 3 is 0.964 bits per heavy atom. The van der Waals surface area contributed by atoms with Crippen LogP contribution in [-0.2, 0) is 32.7 Å². The van der Waals surface area contributed by atoms with Crippen LogP contribution in [0.5, 0.6) is 0 Å². The number of hydrogen-bond donors (Lipinski definition) is 1. The molecule has 0 rings (SSSR count). The smallest absolute Gasteiger partial charge is 0.462 e. The summed E-state index contributed by atoms with van der Waals surface area (Å²) in [6, 6.07) is 0. The van der Waals surface area contributed by atoms with Crippen molar-refractivity contribution in [1.29, 1.82) is 0 Å². The van der Waals surface area contributed by atoms with E-state index in [1.807, 2.05) is 21.1 Å². The second kappa shape index (κ2) is 62.9. The molecule has 2 atom stereocenters. The van der Waals surface area contributed by atoms with Gasteiger partial charge in [0.2, 0.25) is 0 Å². The first-order valence-corrected chi connectivity index (χ1v) is 34.4. The monoisotopic (exact) mass is 1180 g/mol. The lowest BCUT2D eigenvalue weighted by Gasteiger charge is -2.24. The first kappa shape index (κ1) is 79.4. The molecule has 0 heterocycles. The fraction of sp³-hybridized carbons (Fsp3) is 0.595. The van der Waals surface area contributed by atoms with Crippen LogP contribution < -0.4 is 0 Å². The zero-order chi connectivity index (χ0) is 61.2. The van der Waals surface area contributed by atoms with Gasteiger partial charge in [-0.15, -0.1) is 0 Å². The molecule has 0 amide bonds. The van der Waals surface area contributed by atoms with E-state index in [4.69, 9.17) is 18.5 Å². The minimum atomic E-state index is -4.41. The minimum absolute atomic E-state index is 0.0176.